The second-order valence-corrected chi connectivity index (χ2v) is 10.3. The highest BCUT2D eigenvalue weighted by Crippen LogP contribution is 2.77. The lowest BCUT2D eigenvalue weighted by atomic mass is 9.34. The van der Waals surface area contributed by atoms with Crippen LogP contribution in [0.3, 0.4) is 0 Å². The molecule has 4 saturated carbocycles. The maximum Gasteiger partial charge on any atom is 0.208 e. The van der Waals surface area contributed by atoms with Crippen molar-refractivity contribution in [3.05, 3.63) is 12.2 Å². The van der Waals surface area contributed by atoms with E-state index in [1.54, 1.807) is 0 Å². The number of carbonyl (C=O) groups excluding carboxylic acids is 1. The molecule has 2 aliphatic heterocycles. The number of ether oxygens (including phenoxy) is 1. The van der Waals surface area contributed by atoms with Crippen LogP contribution < -0.4 is 0 Å². The van der Waals surface area contributed by atoms with Crippen molar-refractivity contribution in [1.29, 1.82) is 0 Å². The Morgan fingerprint density at radius 3 is 2.44 bits per heavy atom. The van der Waals surface area contributed by atoms with Crippen molar-refractivity contribution < 1.29 is 30.0 Å². The van der Waals surface area contributed by atoms with Crippen LogP contribution in [0, 0.1) is 34.0 Å². The van der Waals surface area contributed by atoms with Crippen LogP contribution in [0.25, 0.3) is 0 Å². The van der Waals surface area contributed by atoms with Crippen LogP contribution in [-0.2, 0) is 9.53 Å². The predicted octanol–water partition coefficient (Wildman–Crippen LogP) is 0.764. The summed E-state index contributed by atoms with van der Waals surface area (Å²) in [6, 6.07) is 0. The van der Waals surface area contributed by atoms with Crippen molar-refractivity contribution in [2.75, 3.05) is 0 Å². The van der Waals surface area contributed by atoms with E-state index >= 15 is 0 Å². The molecular formula is C21H30O6. The van der Waals surface area contributed by atoms with Crippen LogP contribution in [0.15, 0.2) is 12.2 Å². The van der Waals surface area contributed by atoms with Gasteiger partial charge in [0.2, 0.25) is 5.79 Å². The molecule has 0 aromatic rings. The zero-order chi connectivity index (χ0) is 19.7. The van der Waals surface area contributed by atoms with Crippen molar-refractivity contribution in [1.82, 2.24) is 0 Å². The molecule has 4 bridgehead atoms. The zero-order valence-electron chi connectivity index (χ0n) is 16.2. The number of fused-ring (bicyclic) bond motifs is 2. The number of carbonyl (C=O) groups is 1. The molecule has 6 heteroatoms. The molecule has 6 fully saturated rings. The molecule has 2 heterocycles. The molecule has 27 heavy (non-hydrogen) atoms. The number of hydrogen-bond donors (Lipinski definition) is 4. The molecule has 0 amide bonds. The summed E-state index contributed by atoms with van der Waals surface area (Å²) in [5.74, 6) is -3.88. The summed E-state index contributed by atoms with van der Waals surface area (Å²) in [4.78, 5) is 13.4. The van der Waals surface area contributed by atoms with E-state index in [0.29, 0.717) is 31.3 Å². The summed E-state index contributed by atoms with van der Waals surface area (Å²) in [5, 5.41) is 45.7. The fourth-order valence-electron chi connectivity index (χ4n) is 8.38. The van der Waals surface area contributed by atoms with Crippen molar-refractivity contribution >= 4 is 5.78 Å². The van der Waals surface area contributed by atoms with Gasteiger partial charge in [0.15, 0.2) is 5.78 Å². The first-order valence-electron chi connectivity index (χ1n) is 10.2. The Labute approximate surface area is 159 Å². The Morgan fingerprint density at radius 2 is 1.78 bits per heavy atom. The fraction of sp³-hybridized carbons (Fsp3) is 0.857. The van der Waals surface area contributed by atoms with Crippen LogP contribution in [0.4, 0.5) is 0 Å². The second-order valence-electron chi connectivity index (χ2n) is 10.3. The summed E-state index contributed by atoms with van der Waals surface area (Å²) in [6.07, 6.45) is -1.37. The quantitative estimate of drug-likeness (QED) is 0.464. The maximum atomic E-state index is 13.4. The molecule has 2 spiro atoms. The van der Waals surface area contributed by atoms with Gasteiger partial charge >= 0.3 is 0 Å². The first kappa shape index (κ1) is 18.3. The van der Waals surface area contributed by atoms with E-state index < -0.39 is 64.6 Å². The van der Waals surface area contributed by atoms with Gasteiger partial charge in [0.1, 0.15) is 11.5 Å². The van der Waals surface area contributed by atoms with E-state index in [2.05, 4.69) is 20.4 Å². The summed E-state index contributed by atoms with van der Waals surface area (Å²) in [5.41, 5.74) is -2.57. The Morgan fingerprint density at radius 1 is 1.11 bits per heavy atom. The average Bonchev–Trinajstić information content (AvgIpc) is 2.70. The molecule has 6 nitrogen and oxygen atoms in total. The van der Waals surface area contributed by atoms with Crippen LogP contribution in [0.5, 0.6) is 0 Å². The fourth-order valence-corrected chi connectivity index (χ4v) is 8.38. The van der Waals surface area contributed by atoms with Gasteiger partial charge in [-0.05, 0) is 49.5 Å². The van der Waals surface area contributed by atoms with Crippen molar-refractivity contribution in [2.24, 2.45) is 34.0 Å². The molecule has 10 unspecified atom stereocenters. The first-order valence-corrected chi connectivity index (χ1v) is 10.2. The number of rotatable bonds is 0. The van der Waals surface area contributed by atoms with Crippen molar-refractivity contribution in [3.8, 4) is 0 Å². The van der Waals surface area contributed by atoms with E-state index in [1.165, 1.54) is 0 Å². The highest BCUT2D eigenvalue weighted by atomic mass is 16.7. The molecule has 6 aliphatic rings. The van der Waals surface area contributed by atoms with Gasteiger partial charge in [-0.15, -0.1) is 0 Å². The third-order valence-electron chi connectivity index (χ3n) is 9.27. The molecule has 0 aromatic heterocycles. The van der Waals surface area contributed by atoms with Gasteiger partial charge in [0.05, 0.1) is 18.3 Å². The van der Waals surface area contributed by atoms with Crippen LogP contribution in [0.2, 0.25) is 0 Å². The van der Waals surface area contributed by atoms with Crippen LogP contribution in [-0.4, -0.2) is 56.4 Å². The SMILES string of the molecule is C=C1C(=O)C23C(O)C1CCC2C12C(O)CCC(C)(C)C1C(O)C3(O)OC2C. The van der Waals surface area contributed by atoms with E-state index in [4.69, 9.17) is 4.74 Å². The largest absolute Gasteiger partial charge is 0.392 e. The Bertz CT molecular complexity index is 747. The topological polar surface area (TPSA) is 107 Å². The minimum absolute atomic E-state index is 0.312. The number of aliphatic hydroxyl groups excluding tert-OH is 3. The molecule has 150 valence electrons. The number of hydrogen-bond acceptors (Lipinski definition) is 6. The summed E-state index contributed by atoms with van der Waals surface area (Å²) in [7, 11) is 0. The molecule has 10 atom stereocenters. The van der Waals surface area contributed by atoms with E-state index in [0.717, 1.165) is 0 Å². The predicted molar refractivity (Wildman–Crippen MR) is 95.2 cm³/mol. The zero-order valence-corrected chi connectivity index (χ0v) is 16.2. The molecule has 0 aromatic carbocycles. The molecular weight excluding hydrogens is 348 g/mol. The van der Waals surface area contributed by atoms with Crippen molar-refractivity contribution in [2.45, 2.75) is 76.7 Å². The molecule has 4 aliphatic carbocycles. The Hall–Kier alpha value is -0.790. The van der Waals surface area contributed by atoms with Gasteiger partial charge in [0, 0.05) is 17.3 Å². The molecule has 2 saturated heterocycles. The second kappa shape index (κ2) is 4.85. The molecule has 6 rings (SSSR count). The lowest BCUT2D eigenvalue weighted by Crippen LogP contribution is -2.87. The maximum absolute atomic E-state index is 13.4. The molecule has 0 radical (unpaired) electrons. The van der Waals surface area contributed by atoms with Gasteiger partial charge in [-0.25, -0.2) is 0 Å². The first-order chi connectivity index (χ1) is 12.5. The van der Waals surface area contributed by atoms with Gasteiger partial charge < -0.3 is 25.2 Å². The summed E-state index contributed by atoms with van der Waals surface area (Å²) >= 11 is 0. The summed E-state index contributed by atoms with van der Waals surface area (Å²) < 4.78 is 6.01. The van der Waals surface area contributed by atoms with E-state index in [-0.39, 0.29) is 5.41 Å². The Kier molecular flexibility index (Phi) is 3.28. The van der Waals surface area contributed by atoms with E-state index in [9.17, 15) is 25.2 Å². The normalized spacial score (nSPS) is 60.9. The number of Topliss-reactive ketones (excluding diaryl/α,β-unsaturated/α-hetero) is 1. The minimum Gasteiger partial charge on any atom is -0.392 e. The van der Waals surface area contributed by atoms with Crippen LogP contribution >= 0.6 is 0 Å². The number of aliphatic hydroxyl groups is 4. The third kappa shape index (κ3) is 1.53. The lowest BCUT2D eigenvalue weighted by Gasteiger charge is -2.76. The standard InChI is InChI=1S/C21H30O6/c1-9-11-5-6-12-19-10(2)27-21(26,20(12,15(9)23)16(11)24)17(25)14(19)18(3,4)8-7-13(19)22/h10-14,16-17,22,24-26H,1,5-8H2,2-4H3. The minimum atomic E-state index is -2.17. The van der Waals surface area contributed by atoms with Gasteiger partial charge in [0.25, 0.3) is 0 Å². The highest BCUT2D eigenvalue weighted by Gasteiger charge is 2.88. The average molecular weight is 378 g/mol. The number of ketones is 1. The van der Waals surface area contributed by atoms with Crippen LogP contribution in [0.1, 0.15) is 46.5 Å². The summed E-state index contributed by atoms with van der Waals surface area (Å²) in [6.45, 7) is 9.83. The molecule has 4 N–H and O–H groups in total. The highest BCUT2D eigenvalue weighted by molar-refractivity contribution is 6.05. The monoisotopic (exact) mass is 378 g/mol. The Balaban J connectivity index is 1.84. The van der Waals surface area contributed by atoms with E-state index in [1.807, 2.05) is 6.92 Å². The van der Waals surface area contributed by atoms with Gasteiger partial charge in [-0.3, -0.25) is 4.79 Å². The smallest absolute Gasteiger partial charge is 0.208 e. The van der Waals surface area contributed by atoms with Crippen molar-refractivity contribution in [3.63, 3.8) is 0 Å². The van der Waals surface area contributed by atoms with Gasteiger partial charge in [-0.1, -0.05) is 20.4 Å². The van der Waals surface area contributed by atoms with Gasteiger partial charge in [-0.2, -0.15) is 0 Å². The lowest BCUT2D eigenvalue weighted by molar-refractivity contribution is -0.477. The third-order valence-corrected chi connectivity index (χ3v) is 9.27.